The number of allylic oxidation sites excluding steroid dienone is 3. The van der Waals surface area contributed by atoms with Crippen LogP contribution >= 0.6 is 0 Å². The SMILES string of the molecule is C=C(C)C(=O)CC[C@@H]1C(=O)O[C@H]2C[C@]3(C)C4=CC[C@H]5C(C)(C)C(=O)CC[C@]5(C)[C@H]4CC[C@@]3(C)[C@@H]21. The fourth-order valence-corrected chi connectivity index (χ4v) is 9.59. The highest BCUT2D eigenvalue weighted by Gasteiger charge is 2.71. The lowest BCUT2D eigenvalue weighted by atomic mass is 9.41. The number of fused-ring (bicyclic) bond motifs is 7. The number of rotatable bonds is 4. The standard InChI is InChI=1S/C30H42O4/c1-17(2)21(31)10-8-18-25-22(34-26(18)33)16-30(7)20-9-11-23-27(3,4)24(32)13-14-28(23,5)19(20)12-15-29(25,30)6/h9,18-19,22-23,25H,1,8,10-16H2,2-7H3/t18-,19-,22-,23-,25+,28+,29-,30+/m0/s1. The Hall–Kier alpha value is -1.71. The van der Waals surface area contributed by atoms with Crippen molar-refractivity contribution in [2.45, 2.75) is 99.0 Å². The second-order valence-corrected chi connectivity index (χ2v) is 13.5. The Labute approximate surface area is 205 Å². The van der Waals surface area contributed by atoms with Crippen molar-refractivity contribution in [2.75, 3.05) is 0 Å². The van der Waals surface area contributed by atoms with Crippen LogP contribution in [0.4, 0.5) is 0 Å². The van der Waals surface area contributed by atoms with Crippen LogP contribution < -0.4 is 0 Å². The molecule has 5 aliphatic rings. The van der Waals surface area contributed by atoms with E-state index in [1.54, 1.807) is 12.5 Å². The molecule has 3 saturated carbocycles. The van der Waals surface area contributed by atoms with E-state index < -0.39 is 0 Å². The van der Waals surface area contributed by atoms with Gasteiger partial charge in [0.05, 0.1) is 5.92 Å². The van der Waals surface area contributed by atoms with E-state index >= 15 is 0 Å². The topological polar surface area (TPSA) is 60.4 Å². The van der Waals surface area contributed by atoms with Gasteiger partial charge >= 0.3 is 5.97 Å². The number of ether oxygens (including phenoxy) is 1. The highest BCUT2D eigenvalue weighted by molar-refractivity contribution is 5.94. The summed E-state index contributed by atoms with van der Waals surface area (Å²) in [5.41, 5.74) is 1.99. The number of Topliss-reactive ketones (excluding diaryl/α,β-unsaturated/α-hetero) is 2. The summed E-state index contributed by atoms with van der Waals surface area (Å²) in [6.45, 7) is 17.1. The van der Waals surface area contributed by atoms with Gasteiger partial charge < -0.3 is 4.74 Å². The third-order valence-electron chi connectivity index (χ3n) is 11.8. The zero-order chi connectivity index (χ0) is 24.8. The average Bonchev–Trinajstić information content (AvgIpc) is 3.18. The summed E-state index contributed by atoms with van der Waals surface area (Å²) in [6.07, 6.45) is 9.11. The average molecular weight is 467 g/mol. The van der Waals surface area contributed by atoms with Gasteiger partial charge in [0.25, 0.3) is 0 Å². The molecular formula is C30H42O4. The van der Waals surface area contributed by atoms with Gasteiger partial charge in [0.15, 0.2) is 5.78 Å². The molecule has 1 saturated heterocycles. The van der Waals surface area contributed by atoms with E-state index in [0.29, 0.717) is 42.5 Å². The number of hydrogen-bond acceptors (Lipinski definition) is 4. The van der Waals surface area contributed by atoms with E-state index in [2.05, 4.69) is 47.3 Å². The Morgan fingerprint density at radius 3 is 2.53 bits per heavy atom. The molecule has 0 spiro atoms. The summed E-state index contributed by atoms with van der Waals surface area (Å²) in [5, 5.41) is 0. The Balaban J connectivity index is 1.48. The minimum Gasteiger partial charge on any atom is -0.462 e. The summed E-state index contributed by atoms with van der Waals surface area (Å²) in [5.74, 6) is 1.22. The summed E-state index contributed by atoms with van der Waals surface area (Å²) in [7, 11) is 0. The summed E-state index contributed by atoms with van der Waals surface area (Å²) in [6, 6.07) is 0. The van der Waals surface area contributed by atoms with Crippen LogP contribution in [0.25, 0.3) is 0 Å². The highest BCUT2D eigenvalue weighted by atomic mass is 16.6. The molecule has 0 bridgehead atoms. The number of carbonyl (C=O) groups excluding carboxylic acids is 3. The highest BCUT2D eigenvalue weighted by Crippen LogP contribution is 2.74. The van der Waals surface area contributed by atoms with E-state index in [1.165, 1.54) is 0 Å². The monoisotopic (exact) mass is 466 g/mol. The van der Waals surface area contributed by atoms with Gasteiger partial charge in [-0.15, -0.1) is 0 Å². The Kier molecular flexibility index (Phi) is 5.22. The van der Waals surface area contributed by atoms with E-state index in [0.717, 1.165) is 32.1 Å². The van der Waals surface area contributed by atoms with Crippen LogP contribution in [0.15, 0.2) is 23.8 Å². The third kappa shape index (κ3) is 2.92. The normalized spacial score (nSPS) is 46.5. The number of hydrogen-bond donors (Lipinski definition) is 0. The lowest BCUT2D eigenvalue weighted by Gasteiger charge is -2.63. The molecule has 4 heteroatoms. The van der Waals surface area contributed by atoms with Crippen molar-refractivity contribution in [1.29, 1.82) is 0 Å². The maximum atomic E-state index is 12.9. The molecule has 1 aliphatic heterocycles. The van der Waals surface area contributed by atoms with E-state index in [1.807, 2.05) is 0 Å². The molecule has 5 rings (SSSR count). The second-order valence-electron chi connectivity index (χ2n) is 13.5. The van der Waals surface area contributed by atoms with Gasteiger partial charge in [0.1, 0.15) is 11.9 Å². The van der Waals surface area contributed by atoms with Crippen LogP contribution in [0.5, 0.6) is 0 Å². The van der Waals surface area contributed by atoms with E-state index in [4.69, 9.17) is 4.74 Å². The van der Waals surface area contributed by atoms with Crippen molar-refractivity contribution < 1.29 is 19.1 Å². The minimum atomic E-state index is -0.265. The van der Waals surface area contributed by atoms with E-state index in [-0.39, 0.29) is 51.4 Å². The van der Waals surface area contributed by atoms with Crippen LogP contribution in [0, 0.1) is 45.3 Å². The Morgan fingerprint density at radius 2 is 1.85 bits per heavy atom. The predicted molar refractivity (Wildman–Crippen MR) is 132 cm³/mol. The van der Waals surface area contributed by atoms with Gasteiger partial charge in [-0.2, -0.15) is 0 Å². The van der Waals surface area contributed by atoms with Crippen molar-refractivity contribution in [3.63, 3.8) is 0 Å². The smallest absolute Gasteiger partial charge is 0.309 e. The van der Waals surface area contributed by atoms with Gasteiger partial charge in [-0.05, 0) is 79.1 Å². The molecule has 0 aromatic carbocycles. The van der Waals surface area contributed by atoms with Gasteiger partial charge in [0.2, 0.25) is 0 Å². The van der Waals surface area contributed by atoms with E-state index in [9.17, 15) is 14.4 Å². The number of carbonyl (C=O) groups is 3. The maximum absolute atomic E-state index is 12.9. The molecule has 34 heavy (non-hydrogen) atoms. The molecule has 0 radical (unpaired) electrons. The molecule has 4 aliphatic carbocycles. The third-order valence-corrected chi connectivity index (χ3v) is 11.8. The Bertz CT molecular complexity index is 1000. The van der Waals surface area contributed by atoms with Crippen molar-refractivity contribution in [2.24, 2.45) is 45.3 Å². The molecule has 0 amide bonds. The summed E-state index contributed by atoms with van der Waals surface area (Å²) >= 11 is 0. The van der Waals surface area contributed by atoms with Crippen LogP contribution in [0.2, 0.25) is 0 Å². The number of esters is 1. The van der Waals surface area contributed by atoms with Crippen LogP contribution in [0.1, 0.15) is 92.9 Å². The van der Waals surface area contributed by atoms with Gasteiger partial charge in [-0.3, -0.25) is 14.4 Å². The number of ketones is 2. The van der Waals surface area contributed by atoms with Gasteiger partial charge in [-0.1, -0.05) is 52.8 Å². The molecular weight excluding hydrogens is 424 g/mol. The molecule has 0 unspecified atom stereocenters. The molecule has 4 nitrogen and oxygen atoms in total. The molecule has 0 N–H and O–H groups in total. The Morgan fingerprint density at radius 1 is 1.15 bits per heavy atom. The summed E-state index contributed by atoms with van der Waals surface area (Å²) in [4.78, 5) is 38.0. The molecule has 0 aromatic heterocycles. The first-order chi connectivity index (χ1) is 15.8. The van der Waals surface area contributed by atoms with Crippen LogP contribution in [0.3, 0.4) is 0 Å². The fourth-order valence-electron chi connectivity index (χ4n) is 9.59. The lowest BCUT2D eigenvalue weighted by Crippen LogP contribution is -2.57. The molecule has 1 heterocycles. The van der Waals surface area contributed by atoms with Crippen molar-refractivity contribution in [1.82, 2.24) is 0 Å². The first kappa shape index (κ1) is 24.0. The quantitative estimate of drug-likeness (QED) is 0.280. The molecule has 186 valence electrons. The van der Waals surface area contributed by atoms with Crippen molar-refractivity contribution in [3.05, 3.63) is 23.8 Å². The molecule has 8 atom stereocenters. The first-order valence-corrected chi connectivity index (χ1v) is 13.4. The largest absolute Gasteiger partial charge is 0.462 e. The summed E-state index contributed by atoms with van der Waals surface area (Å²) < 4.78 is 6.03. The fraction of sp³-hybridized carbons (Fsp3) is 0.767. The molecule has 0 aromatic rings. The van der Waals surface area contributed by atoms with Crippen molar-refractivity contribution in [3.8, 4) is 0 Å². The zero-order valence-corrected chi connectivity index (χ0v) is 22.0. The van der Waals surface area contributed by atoms with Crippen LogP contribution in [-0.2, 0) is 19.1 Å². The van der Waals surface area contributed by atoms with Gasteiger partial charge in [-0.25, -0.2) is 0 Å². The van der Waals surface area contributed by atoms with Crippen LogP contribution in [-0.4, -0.2) is 23.6 Å². The van der Waals surface area contributed by atoms with Gasteiger partial charge in [0, 0.05) is 24.2 Å². The minimum absolute atomic E-state index is 0.0118. The molecule has 4 fully saturated rings. The maximum Gasteiger partial charge on any atom is 0.309 e. The second kappa shape index (κ2) is 7.40. The predicted octanol–water partition coefficient (Wildman–Crippen LogP) is 6.24. The zero-order valence-electron chi connectivity index (χ0n) is 22.0. The lowest BCUT2D eigenvalue weighted by molar-refractivity contribution is -0.147. The first-order valence-electron chi connectivity index (χ1n) is 13.4. The van der Waals surface area contributed by atoms with Crippen molar-refractivity contribution >= 4 is 17.5 Å².